The lowest BCUT2D eigenvalue weighted by molar-refractivity contribution is -0.271. The number of hydrogen-bond acceptors (Lipinski definition) is 8. The maximum atomic E-state index is 12.0. The third-order valence-electron chi connectivity index (χ3n) is 4.05. The number of carbonyl (C=O) groups is 2. The van der Waals surface area contributed by atoms with Crippen LogP contribution < -0.4 is 10.6 Å². The molecule has 0 aliphatic carbocycles. The number of aliphatic hydroxyl groups is 3. The summed E-state index contributed by atoms with van der Waals surface area (Å²) in [6.45, 7) is -0.893. The van der Waals surface area contributed by atoms with Gasteiger partial charge in [-0.05, 0) is 5.56 Å². The molecule has 0 spiro atoms. The Morgan fingerprint density at radius 2 is 1.89 bits per heavy atom. The van der Waals surface area contributed by atoms with Gasteiger partial charge in [0.15, 0.2) is 6.29 Å². The number of rotatable bonds is 7. The first-order chi connectivity index (χ1) is 13.0. The number of methoxy groups -OCH3 is 1. The van der Waals surface area contributed by atoms with E-state index in [1.54, 1.807) is 12.1 Å². The van der Waals surface area contributed by atoms with Gasteiger partial charge in [0.05, 0.1) is 12.6 Å². The minimum Gasteiger partial charge on any atom is -0.445 e. The van der Waals surface area contributed by atoms with Crippen molar-refractivity contribution in [1.29, 1.82) is 0 Å². The Labute approximate surface area is 156 Å². The summed E-state index contributed by atoms with van der Waals surface area (Å²) in [5, 5.41) is 34.2. The van der Waals surface area contributed by atoms with Crippen LogP contribution in [0.25, 0.3) is 0 Å². The molecule has 0 saturated carbocycles. The first-order valence-corrected chi connectivity index (χ1v) is 8.35. The van der Waals surface area contributed by atoms with Gasteiger partial charge in [-0.15, -0.1) is 0 Å². The van der Waals surface area contributed by atoms with Gasteiger partial charge >= 0.3 is 6.09 Å². The molecule has 0 aromatic heterocycles. The van der Waals surface area contributed by atoms with Crippen LogP contribution in [0.5, 0.6) is 0 Å². The van der Waals surface area contributed by atoms with Crippen LogP contribution in [0.15, 0.2) is 30.3 Å². The van der Waals surface area contributed by atoms with Crippen molar-refractivity contribution in [1.82, 2.24) is 10.6 Å². The van der Waals surface area contributed by atoms with E-state index in [2.05, 4.69) is 10.6 Å². The van der Waals surface area contributed by atoms with E-state index in [0.29, 0.717) is 0 Å². The SMILES string of the molecule is COC1OC(CO)C(O)C(NC(=O)CNC(=O)OCc2ccccc2)C1O. The van der Waals surface area contributed by atoms with Crippen molar-refractivity contribution in [2.45, 2.75) is 37.3 Å². The second kappa shape index (κ2) is 10.2. The third kappa shape index (κ3) is 5.88. The molecular weight excluding hydrogens is 360 g/mol. The summed E-state index contributed by atoms with van der Waals surface area (Å²) in [5.41, 5.74) is 0.797. The Morgan fingerprint density at radius 3 is 2.52 bits per heavy atom. The Balaban J connectivity index is 1.80. The lowest BCUT2D eigenvalue weighted by Crippen LogP contribution is -2.65. The second-order valence-corrected chi connectivity index (χ2v) is 5.95. The second-order valence-electron chi connectivity index (χ2n) is 5.95. The van der Waals surface area contributed by atoms with Crippen molar-refractivity contribution in [2.24, 2.45) is 0 Å². The number of benzene rings is 1. The van der Waals surface area contributed by atoms with Crippen LogP contribution >= 0.6 is 0 Å². The molecule has 27 heavy (non-hydrogen) atoms. The third-order valence-corrected chi connectivity index (χ3v) is 4.05. The summed E-state index contributed by atoms with van der Waals surface area (Å²) in [7, 11) is 1.28. The molecule has 0 radical (unpaired) electrons. The Kier molecular flexibility index (Phi) is 7.95. The monoisotopic (exact) mass is 384 g/mol. The van der Waals surface area contributed by atoms with Crippen LogP contribution in [0.3, 0.4) is 0 Å². The Morgan fingerprint density at radius 1 is 1.19 bits per heavy atom. The van der Waals surface area contributed by atoms with E-state index in [4.69, 9.17) is 14.2 Å². The zero-order valence-electron chi connectivity index (χ0n) is 14.8. The highest BCUT2D eigenvalue weighted by Crippen LogP contribution is 2.21. The van der Waals surface area contributed by atoms with Crippen molar-refractivity contribution in [3.8, 4) is 0 Å². The van der Waals surface area contributed by atoms with E-state index in [-0.39, 0.29) is 6.61 Å². The zero-order chi connectivity index (χ0) is 19.8. The number of hydrogen-bond donors (Lipinski definition) is 5. The number of ether oxygens (including phenoxy) is 3. The topological polar surface area (TPSA) is 147 Å². The fourth-order valence-electron chi connectivity index (χ4n) is 2.62. The molecule has 2 rings (SSSR count). The number of carbonyl (C=O) groups excluding carboxylic acids is 2. The van der Waals surface area contributed by atoms with Crippen molar-refractivity contribution >= 4 is 12.0 Å². The molecule has 150 valence electrons. The first-order valence-electron chi connectivity index (χ1n) is 8.35. The van der Waals surface area contributed by atoms with Gasteiger partial charge in [-0.1, -0.05) is 30.3 Å². The van der Waals surface area contributed by atoms with E-state index < -0.39 is 55.8 Å². The number of alkyl carbamates (subject to hydrolysis) is 1. The van der Waals surface area contributed by atoms with Crippen molar-refractivity contribution in [3.63, 3.8) is 0 Å². The van der Waals surface area contributed by atoms with Crippen molar-refractivity contribution in [3.05, 3.63) is 35.9 Å². The smallest absolute Gasteiger partial charge is 0.407 e. The quantitative estimate of drug-likeness (QED) is 0.381. The molecule has 1 aromatic rings. The summed E-state index contributed by atoms with van der Waals surface area (Å²) in [5.74, 6) is -0.664. The van der Waals surface area contributed by atoms with Crippen LogP contribution in [0.2, 0.25) is 0 Å². The van der Waals surface area contributed by atoms with Gasteiger partial charge < -0.3 is 40.2 Å². The molecular formula is C17H24N2O8. The van der Waals surface area contributed by atoms with Crippen molar-refractivity contribution < 1.29 is 39.1 Å². The van der Waals surface area contributed by atoms with E-state index in [9.17, 15) is 24.9 Å². The maximum absolute atomic E-state index is 12.0. The number of amides is 2. The highest BCUT2D eigenvalue weighted by atomic mass is 16.7. The molecule has 5 unspecified atom stereocenters. The van der Waals surface area contributed by atoms with Gasteiger partial charge in [-0.2, -0.15) is 0 Å². The zero-order valence-corrected chi connectivity index (χ0v) is 14.8. The molecule has 5 N–H and O–H groups in total. The molecule has 0 bridgehead atoms. The molecule has 1 aliphatic rings. The van der Waals surface area contributed by atoms with E-state index in [1.165, 1.54) is 7.11 Å². The molecule has 1 heterocycles. The molecule has 1 saturated heterocycles. The van der Waals surface area contributed by atoms with Crippen LogP contribution in [-0.2, 0) is 25.6 Å². The molecule has 1 aliphatic heterocycles. The normalized spacial score (nSPS) is 27.6. The fourth-order valence-corrected chi connectivity index (χ4v) is 2.62. The summed E-state index contributed by atoms with van der Waals surface area (Å²) < 4.78 is 15.1. The average molecular weight is 384 g/mol. The van der Waals surface area contributed by atoms with E-state index >= 15 is 0 Å². The summed E-state index contributed by atoms with van der Waals surface area (Å²) in [6.07, 6.45) is -5.66. The van der Waals surface area contributed by atoms with Crippen molar-refractivity contribution in [2.75, 3.05) is 20.3 Å². The Bertz CT molecular complexity index is 598. The number of nitrogens with one attached hydrogen (secondary N) is 2. The van der Waals surface area contributed by atoms with Gasteiger partial charge in [0.1, 0.15) is 31.5 Å². The Hall–Kier alpha value is -2.24. The molecule has 5 atom stereocenters. The van der Waals surface area contributed by atoms with E-state index in [1.807, 2.05) is 18.2 Å². The minimum atomic E-state index is -1.36. The molecule has 10 nitrogen and oxygen atoms in total. The van der Waals surface area contributed by atoms with E-state index in [0.717, 1.165) is 5.56 Å². The van der Waals surface area contributed by atoms with Gasteiger partial charge in [-0.3, -0.25) is 4.79 Å². The predicted molar refractivity (Wildman–Crippen MR) is 91.3 cm³/mol. The van der Waals surface area contributed by atoms with Gasteiger partial charge in [0.25, 0.3) is 0 Å². The maximum Gasteiger partial charge on any atom is 0.407 e. The minimum absolute atomic E-state index is 0.0549. The van der Waals surface area contributed by atoms with Gasteiger partial charge in [0.2, 0.25) is 5.91 Å². The van der Waals surface area contributed by atoms with Gasteiger partial charge in [-0.25, -0.2) is 4.79 Å². The van der Waals surface area contributed by atoms with Crippen LogP contribution in [0.4, 0.5) is 4.79 Å². The molecule has 2 amide bonds. The van der Waals surface area contributed by atoms with Gasteiger partial charge in [0, 0.05) is 7.11 Å². The molecule has 1 fully saturated rings. The fraction of sp³-hybridized carbons (Fsp3) is 0.529. The standard InChI is InChI=1S/C17H24N2O8/c1-25-16-15(23)13(14(22)11(8-20)27-16)19-12(21)7-18-17(24)26-9-10-5-3-2-4-6-10/h2-6,11,13-16,20,22-23H,7-9H2,1H3,(H,18,24)(H,19,21). The van der Waals surface area contributed by atoms with Crippen LogP contribution in [0.1, 0.15) is 5.56 Å². The lowest BCUT2D eigenvalue weighted by atomic mass is 9.96. The van der Waals surface area contributed by atoms with Crippen LogP contribution in [0, 0.1) is 0 Å². The summed E-state index contributed by atoms with van der Waals surface area (Å²) >= 11 is 0. The predicted octanol–water partition coefficient (Wildman–Crippen LogP) is -1.52. The summed E-state index contributed by atoms with van der Waals surface area (Å²) in [4.78, 5) is 23.7. The van der Waals surface area contributed by atoms with Crippen LogP contribution in [-0.4, -0.2) is 78.2 Å². The molecule has 1 aromatic carbocycles. The number of aliphatic hydroxyl groups excluding tert-OH is 3. The summed E-state index contributed by atoms with van der Waals surface area (Å²) in [6, 6.07) is 7.89. The highest BCUT2D eigenvalue weighted by molar-refractivity contribution is 5.82. The highest BCUT2D eigenvalue weighted by Gasteiger charge is 2.45. The lowest BCUT2D eigenvalue weighted by Gasteiger charge is -2.41. The average Bonchev–Trinajstić information content (AvgIpc) is 2.69. The first kappa shape index (κ1) is 21.1. The largest absolute Gasteiger partial charge is 0.445 e. The molecule has 10 heteroatoms.